The minimum Gasteiger partial charge on any atom is -0.496 e. The fourth-order valence-electron chi connectivity index (χ4n) is 4.84. The number of rotatable bonds is 8. The van der Waals surface area contributed by atoms with Crippen LogP contribution in [0, 0.1) is 12.3 Å². The van der Waals surface area contributed by atoms with Crippen molar-refractivity contribution in [1.29, 1.82) is 0 Å². The van der Waals surface area contributed by atoms with Crippen molar-refractivity contribution >= 4 is 22.5 Å². The fraction of sp³-hybridized carbons (Fsp3) is 0.333. The number of hydrogen-bond acceptors (Lipinski definition) is 5. The van der Waals surface area contributed by atoms with Crippen LogP contribution in [-0.2, 0) is 11.3 Å². The van der Waals surface area contributed by atoms with E-state index in [-0.39, 0.29) is 17.4 Å². The Kier molecular flexibility index (Phi) is 7.58. The molecule has 1 aromatic heterocycles. The van der Waals surface area contributed by atoms with Crippen molar-refractivity contribution in [3.63, 3.8) is 0 Å². The minimum atomic E-state index is -0.145. The summed E-state index contributed by atoms with van der Waals surface area (Å²) in [6, 6.07) is 22.6. The van der Waals surface area contributed by atoms with E-state index in [1.165, 1.54) is 0 Å². The topological polar surface area (TPSA) is 63.7 Å². The number of hydrogen-bond donors (Lipinski definition) is 1. The van der Waals surface area contributed by atoms with Crippen molar-refractivity contribution in [2.24, 2.45) is 5.41 Å². The molecule has 5 rings (SSSR count). The molecule has 1 aliphatic rings. The van der Waals surface area contributed by atoms with Crippen LogP contribution in [0.1, 0.15) is 38.3 Å². The van der Waals surface area contributed by atoms with E-state index >= 15 is 0 Å². The molecule has 0 aliphatic carbocycles. The van der Waals surface area contributed by atoms with E-state index in [1.54, 1.807) is 13.3 Å². The van der Waals surface area contributed by atoms with Crippen molar-refractivity contribution in [3.8, 4) is 22.6 Å². The Bertz CT molecular complexity index is 1470. The van der Waals surface area contributed by atoms with E-state index in [1.807, 2.05) is 42.2 Å². The number of carbonyl (C=O) groups excluding carboxylic acids is 1. The Morgan fingerprint density at radius 3 is 2.38 bits per heavy atom. The molecular formula is C33H37N3O3. The second-order valence-electron chi connectivity index (χ2n) is 11.5. The van der Waals surface area contributed by atoms with Crippen LogP contribution in [0.2, 0.25) is 0 Å². The Morgan fingerprint density at radius 2 is 1.74 bits per heavy atom. The highest BCUT2D eigenvalue weighted by molar-refractivity contribution is 6.02. The number of aromatic nitrogens is 1. The molecule has 0 unspecified atom stereocenters. The lowest BCUT2D eigenvalue weighted by atomic mass is 9.91. The van der Waals surface area contributed by atoms with Crippen LogP contribution < -0.4 is 19.7 Å². The second-order valence-corrected chi connectivity index (χ2v) is 11.5. The average molecular weight is 524 g/mol. The van der Waals surface area contributed by atoms with Gasteiger partial charge in [-0.2, -0.15) is 0 Å². The predicted octanol–water partition coefficient (Wildman–Crippen LogP) is 6.54. The van der Waals surface area contributed by atoms with E-state index in [9.17, 15) is 4.79 Å². The van der Waals surface area contributed by atoms with Gasteiger partial charge in [0, 0.05) is 31.1 Å². The van der Waals surface area contributed by atoms with Crippen molar-refractivity contribution in [1.82, 2.24) is 10.3 Å². The first-order valence-electron chi connectivity index (χ1n) is 13.5. The van der Waals surface area contributed by atoms with E-state index in [2.05, 4.69) is 62.5 Å². The Labute approximate surface area is 231 Å². The van der Waals surface area contributed by atoms with Crippen molar-refractivity contribution in [3.05, 3.63) is 84.1 Å². The summed E-state index contributed by atoms with van der Waals surface area (Å²) in [5.74, 6) is 2.44. The molecule has 1 amide bonds. The first-order chi connectivity index (χ1) is 18.7. The number of pyridine rings is 1. The van der Waals surface area contributed by atoms with Gasteiger partial charge in [0.2, 0.25) is 5.91 Å². The van der Waals surface area contributed by atoms with Crippen LogP contribution in [0.25, 0.3) is 21.9 Å². The summed E-state index contributed by atoms with van der Waals surface area (Å²) in [5, 5.41) is 5.17. The number of nitrogens with zero attached hydrogens (tertiary/aromatic N) is 2. The van der Waals surface area contributed by atoms with Crippen LogP contribution in [0.3, 0.4) is 0 Å². The Morgan fingerprint density at radius 1 is 1.00 bits per heavy atom. The second kappa shape index (κ2) is 11.1. The highest BCUT2D eigenvalue weighted by Crippen LogP contribution is 2.32. The van der Waals surface area contributed by atoms with Gasteiger partial charge in [-0.1, -0.05) is 51.1 Å². The van der Waals surface area contributed by atoms with Gasteiger partial charge in [-0.15, -0.1) is 0 Å². The molecule has 1 aliphatic heterocycles. The van der Waals surface area contributed by atoms with E-state index in [0.717, 1.165) is 57.6 Å². The molecule has 6 heteroatoms. The summed E-state index contributed by atoms with van der Waals surface area (Å²) < 4.78 is 11.5. The van der Waals surface area contributed by atoms with Gasteiger partial charge >= 0.3 is 0 Å². The lowest BCUT2D eigenvalue weighted by Crippen LogP contribution is -2.50. The lowest BCUT2D eigenvalue weighted by molar-refractivity contribution is -0.120. The third-order valence-corrected chi connectivity index (χ3v) is 7.02. The fourth-order valence-corrected chi connectivity index (χ4v) is 4.84. The zero-order valence-electron chi connectivity index (χ0n) is 23.5. The van der Waals surface area contributed by atoms with Crippen LogP contribution in [-0.4, -0.2) is 37.2 Å². The number of carbonyl (C=O) groups is 1. The maximum atomic E-state index is 13.7. The number of nitrogens with one attached hydrogen (secondary N) is 1. The summed E-state index contributed by atoms with van der Waals surface area (Å²) in [6.45, 7) is 10.5. The van der Waals surface area contributed by atoms with Crippen LogP contribution >= 0.6 is 0 Å². The Balaban J connectivity index is 1.45. The summed E-state index contributed by atoms with van der Waals surface area (Å²) >= 11 is 0. The first-order valence-corrected chi connectivity index (χ1v) is 13.5. The minimum absolute atomic E-state index is 0.0539. The zero-order valence-corrected chi connectivity index (χ0v) is 23.5. The summed E-state index contributed by atoms with van der Waals surface area (Å²) in [7, 11) is 1.69. The van der Waals surface area contributed by atoms with Crippen molar-refractivity contribution < 1.29 is 14.3 Å². The SMILES string of the molecule is COc1ccc(-c2ccc(CN(C(=O)CC(C)(C)C)c3nccc4cc(OC5CNC5)ccc34)cc2)cc1C. The third kappa shape index (κ3) is 6.23. The average Bonchev–Trinajstić information content (AvgIpc) is 2.88. The number of aryl methyl sites for hydroxylation is 1. The molecule has 4 aromatic rings. The lowest BCUT2D eigenvalue weighted by Gasteiger charge is -2.28. The maximum absolute atomic E-state index is 13.7. The largest absolute Gasteiger partial charge is 0.496 e. The first kappa shape index (κ1) is 26.7. The molecule has 6 nitrogen and oxygen atoms in total. The van der Waals surface area contributed by atoms with Gasteiger partial charge in [-0.05, 0) is 76.4 Å². The molecule has 3 aromatic carbocycles. The number of fused-ring (bicyclic) bond motifs is 1. The third-order valence-electron chi connectivity index (χ3n) is 7.02. The number of amides is 1. The number of benzene rings is 3. The summed E-state index contributed by atoms with van der Waals surface area (Å²) in [6.07, 6.45) is 2.40. The van der Waals surface area contributed by atoms with Gasteiger partial charge in [0.1, 0.15) is 23.4 Å². The highest BCUT2D eigenvalue weighted by atomic mass is 16.5. The number of anilines is 1. The number of ether oxygens (including phenoxy) is 2. The molecule has 0 atom stereocenters. The molecule has 2 heterocycles. The molecule has 39 heavy (non-hydrogen) atoms. The van der Waals surface area contributed by atoms with Crippen LogP contribution in [0.5, 0.6) is 11.5 Å². The standard InChI is InChI=1S/C33H37N3O3/c1-22-16-25(10-13-30(22)38-5)24-8-6-23(7-9-24)21-36(31(37)18-33(2,3)4)32-29-12-11-27(39-28-19-34-20-28)17-26(29)14-15-35-32/h6-17,28,34H,18-21H2,1-5H3. The normalized spacial score (nSPS) is 13.7. The van der Waals surface area contributed by atoms with Crippen molar-refractivity contribution in [2.45, 2.75) is 46.8 Å². The van der Waals surface area contributed by atoms with Crippen LogP contribution in [0.15, 0.2) is 72.9 Å². The maximum Gasteiger partial charge on any atom is 0.229 e. The van der Waals surface area contributed by atoms with E-state index in [0.29, 0.717) is 18.8 Å². The smallest absolute Gasteiger partial charge is 0.229 e. The van der Waals surface area contributed by atoms with Gasteiger partial charge in [0.25, 0.3) is 0 Å². The van der Waals surface area contributed by atoms with Gasteiger partial charge in [-0.25, -0.2) is 4.98 Å². The van der Waals surface area contributed by atoms with Gasteiger partial charge in [0.05, 0.1) is 13.7 Å². The summed E-state index contributed by atoms with van der Waals surface area (Å²) in [5.41, 5.74) is 4.25. The van der Waals surface area contributed by atoms with Gasteiger partial charge in [0.15, 0.2) is 0 Å². The molecule has 0 radical (unpaired) electrons. The van der Waals surface area contributed by atoms with Gasteiger partial charge < -0.3 is 14.8 Å². The molecule has 1 saturated heterocycles. The highest BCUT2D eigenvalue weighted by Gasteiger charge is 2.25. The molecule has 1 N–H and O–H groups in total. The monoisotopic (exact) mass is 523 g/mol. The van der Waals surface area contributed by atoms with Crippen molar-refractivity contribution in [2.75, 3.05) is 25.1 Å². The quantitative estimate of drug-likeness (QED) is 0.284. The zero-order chi connectivity index (χ0) is 27.6. The molecule has 0 spiro atoms. The molecular weight excluding hydrogens is 486 g/mol. The molecule has 0 bridgehead atoms. The predicted molar refractivity (Wildman–Crippen MR) is 157 cm³/mol. The molecule has 0 saturated carbocycles. The number of methoxy groups -OCH3 is 1. The molecule has 1 fully saturated rings. The summed E-state index contributed by atoms with van der Waals surface area (Å²) in [4.78, 5) is 20.2. The van der Waals surface area contributed by atoms with Crippen LogP contribution in [0.4, 0.5) is 5.82 Å². The Hall–Kier alpha value is -3.90. The van der Waals surface area contributed by atoms with E-state index in [4.69, 9.17) is 14.5 Å². The van der Waals surface area contributed by atoms with E-state index < -0.39 is 0 Å². The van der Waals surface area contributed by atoms with Gasteiger partial charge in [-0.3, -0.25) is 9.69 Å². The molecule has 202 valence electrons.